The molecule has 9 heavy (non-hydrogen) atoms. The molecular weight excluding hydrogens is 333 g/mol. The van der Waals surface area contributed by atoms with Crippen LogP contribution in [-0.2, 0) is 0 Å². The molecule has 0 unspecified atom stereocenters. The Bertz CT molecular complexity index is 69.1. The quantitative estimate of drug-likeness (QED) is 0.373. The molecule has 0 aromatic carbocycles. The topological polar surface area (TPSA) is 132 Å². The van der Waals surface area contributed by atoms with Gasteiger partial charge < -0.3 is 30.6 Å². The van der Waals surface area contributed by atoms with Crippen molar-refractivity contribution in [1.82, 2.24) is 0 Å². The number of hydrogen-bond acceptors (Lipinski definition) is 6. The molecule has 0 amide bonds. The summed E-state index contributed by atoms with van der Waals surface area (Å²) in [4.78, 5) is 16.5. The fraction of sp³-hybridized carbons (Fsp3) is 0. The first-order valence-corrected chi connectivity index (χ1v) is 1.10. The van der Waals surface area contributed by atoms with Crippen molar-refractivity contribution in [2.24, 2.45) is 0 Å². The van der Waals surface area contributed by atoms with Crippen LogP contribution < -0.4 is 0 Å². The van der Waals surface area contributed by atoms with Gasteiger partial charge in [-0.3, -0.25) is 0 Å². The molecule has 0 atom stereocenters. The summed E-state index contributed by atoms with van der Waals surface area (Å²) in [5, 5.41) is 29.5. The molecular formula is H4N2O6Po. The van der Waals surface area contributed by atoms with Gasteiger partial charge in [-0.25, -0.2) is 0 Å². The third kappa shape index (κ3) is 413. The van der Waals surface area contributed by atoms with Gasteiger partial charge in [-0.1, -0.05) is 0 Å². The van der Waals surface area contributed by atoms with Gasteiger partial charge in [0, 0.05) is 0 Å². The van der Waals surface area contributed by atoms with Crippen LogP contribution in [0.1, 0.15) is 0 Å². The minimum absolute atomic E-state index is 0. The molecule has 0 saturated carbocycles. The molecule has 9 heteroatoms. The van der Waals surface area contributed by atoms with Crippen LogP contribution in [0.25, 0.3) is 0 Å². The van der Waals surface area contributed by atoms with E-state index in [-0.39, 0.29) is 26.6 Å². The standard InChI is InChI=1S/2NO3.Po.4H/c2*2-1(3)4;;;;;/q2*-1;+2;;;;. The first-order chi connectivity index (χ1) is 3.46. The molecule has 0 aromatic rings. The second-order valence-electron chi connectivity index (χ2n) is 0.447. The third-order valence-corrected chi connectivity index (χ3v) is 0. The van der Waals surface area contributed by atoms with Crippen LogP contribution in [0.2, 0.25) is 0 Å². The second-order valence-corrected chi connectivity index (χ2v) is 0.447. The SMILES string of the molecule is O=[N+]([O-])[O-].O=[N+]([O-])[O-].[PoH4+2]. The van der Waals surface area contributed by atoms with Crippen molar-refractivity contribution >= 4 is 26.6 Å². The van der Waals surface area contributed by atoms with E-state index in [9.17, 15) is 0 Å². The molecule has 0 aromatic heterocycles. The van der Waals surface area contributed by atoms with Crippen molar-refractivity contribution < 1.29 is 10.2 Å². The Balaban J connectivity index is -0.0000000720. The number of hydrogen-bond donors (Lipinski definition) is 0. The van der Waals surface area contributed by atoms with Gasteiger partial charge >= 0.3 is 26.6 Å². The van der Waals surface area contributed by atoms with E-state index >= 15 is 0 Å². The molecule has 0 N–H and O–H groups in total. The number of nitrogens with zero attached hydrogens (tertiary/aromatic N) is 2. The van der Waals surface area contributed by atoms with E-state index < -0.39 is 10.2 Å². The summed E-state index contributed by atoms with van der Waals surface area (Å²) in [7, 11) is 0. The maximum absolute atomic E-state index is 8.25. The predicted octanol–water partition coefficient (Wildman–Crippen LogP) is -1.93. The normalized spacial score (nSPS) is 5.33. The monoisotopic (exact) mass is 337 g/mol. The van der Waals surface area contributed by atoms with E-state index in [2.05, 4.69) is 0 Å². The summed E-state index contributed by atoms with van der Waals surface area (Å²) >= 11 is 0. The molecule has 0 rings (SSSR count). The molecule has 0 bridgehead atoms. The second kappa shape index (κ2) is 10.3. The van der Waals surface area contributed by atoms with E-state index in [1.165, 1.54) is 0 Å². The van der Waals surface area contributed by atoms with Crippen LogP contribution >= 0.6 is 0 Å². The Morgan fingerprint density at radius 3 is 0.778 bits per heavy atom. The zero-order valence-electron chi connectivity index (χ0n) is 4.05. The summed E-state index contributed by atoms with van der Waals surface area (Å²) in [6, 6.07) is 0. The van der Waals surface area contributed by atoms with Crippen molar-refractivity contribution in [3.05, 3.63) is 30.6 Å². The fourth-order valence-electron chi connectivity index (χ4n) is 0. The Labute approximate surface area is 67.8 Å². The van der Waals surface area contributed by atoms with Crippen LogP contribution in [0.5, 0.6) is 0 Å². The molecule has 0 spiro atoms. The summed E-state index contributed by atoms with van der Waals surface area (Å²) < 4.78 is 0. The van der Waals surface area contributed by atoms with Gasteiger partial charge in [-0.15, -0.1) is 0 Å². The van der Waals surface area contributed by atoms with Gasteiger partial charge in [0.2, 0.25) is 0 Å². The van der Waals surface area contributed by atoms with Crippen molar-refractivity contribution in [3.63, 3.8) is 0 Å². The van der Waals surface area contributed by atoms with Gasteiger partial charge in [0.15, 0.2) is 0 Å². The average Bonchev–Trinajstić information content (AvgIpc) is 1.25. The first kappa shape index (κ1) is 15.7. The summed E-state index contributed by atoms with van der Waals surface area (Å²) in [5.41, 5.74) is 0. The molecule has 8 nitrogen and oxygen atoms in total. The van der Waals surface area contributed by atoms with Crippen LogP contribution in [0, 0.1) is 30.6 Å². The fourth-order valence-corrected chi connectivity index (χ4v) is 0. The van der Waals surface area contributed by atoms with Crippen molar-refractivity contribution in [2.75, 3.05) is 0 Å². The Morgan fingerprint density at radius 1 is 0.778 bits per heavy atom. The van der Waals surface area contributed by atoms with E-state index in [4.69, 9.17) is 30.6 Å². The van der Waals surface area contributed by atoms with Gasteiger partial charge in [0.25, 0.3) is 0 Å². The van der Waals surface area contributed by atoms with Crippen molar-refractivity contribution in [1.29, 1.82) is 0 Å². The zero-order chi connectivity index (χ0) is 7.15. The van der Waals surface area contributed by atoms with E-state index in [0.717, 1.165) is 0 Å². The Hall–Kier alpha value is -0.704. The van der Waals surface area contributed by atoms with Crippen LogP contribution in [0.4, 0.5) is 0 Å². The van der Waals surface area contributed by atoms with E-state index in [1.54, 1.807) is 0 Å². The van der Waals surface area contributed by atoms with Gasteiger partial charge in [-0.2, -0.15) is 0 Å². The van der Waals surface area contributed by atoms with Crippen LogP contribution in [0.15, 0.2) is 0 Å². The van der Waals surface area contributed by atoms with Crippen LogP contribution in [-0.4, -0.2) is 36.7 Å². The van der Waals surface area contributed by atoms with Gasteiger partial charge in [0.05, 0.1) is 10.2 Å². The summed E-state index contributed by atoms with van der Waals surface area (Å²) in [6.45, 7) is 0. The summed E-state index contributed by atoms with van der Waals surface area (Å²) in [5.74, 6) is 0. The van der Waals surface area contributed by atoms with E-state index in [1.807, 2.05) is 0 Å². The van der Waals surface area contributed by atoms with Crippen molar-refractivity contribution in [3.8, 4) is 0 Å². The van der Waals surface area contributed by atoms with Crippen molar-refractivity contribution in [2.45, 2.75) is 0 Å². The average molecular weight is 337 g/mol. The van der Waals surface area contributed by atoms with Crippen LogP contribution in [0.3, 0.4) is 0 Å². The molecule has 0 heterocycles. The molecule has 0 radical (unpaired) electrons. The minimum atomic E-state index is -1.75. The molecule has 0 fully saturated rings. The maximum atomic E-state index is 8.25. The van der Waals surface area contributed by atoms with Gasteiger partial charge in [-0.05, 0) is 0 Å². The number of rotatable bonds is 0. The Kier molecular flexibility index (Phi) is 18.0. The first-order valence-electron chi connectivity index (χ1n) is 1.10. The molecule has 0 aliphatic rings. The third-order valence-electron chi connectivity index (χ3n) is 0. The summed E-state index contributed by atoms with van der Waals surface area (Å²) in [6.07, 6.45) is 0. The molecule has 0 aliphatic heterocycles. The van der Waals surface area contributed by atoms with E-state index in [0.29, 0.717) is 0 Å². The molecule has 56 valence electrons. The molecule has 0 aliphatic carbocycles. The molecule has 0 saturated heterocycles. The van der Waals surface area contributed by atoms with Gasteiger partial charge in [0.1, 0.15) is 0 Å². The zero-order valence-corrected chi connectivity index (χ0v) is 9.55. The predicted molar refractivity (Wildman–Crippen MR) is 32.1 cm³/mol. The Morgan fingerprint density at radius 2 is 0.778 bits per heavy atom.